The van der Waals surface area contributed by atoms with Crippen molar-refractivity contribution >= 4 is 17.2 Å². The summed E-state index contributed by atoms with van der Waals surface area (Å²) < 4.78 is 13.0. The topological polar surface area (TPSA) is 49.0 Å². The second kappa shape index (κ2) is 7.38. The van der Waals surface area contributed by atoms with Gasteiger partial charge < -0.3 is 0 Å². The van der Waals surface area contributed by atoms with Crippen LogP contribution in [0, 0.1) is 11.7 Å². The van der Waals surface area contributed by atoms with Crippen LogP contribution in [0.2, 0.25) is 0 Å². The predicted octanol–water partition coefficient (Wildman–Crippen LogP) is 3.81. The number of hydrogen-bond donors (Lipinski definition) is 1. The molecule has 2 aromatic carbocycles. The third-order valence-electron chi connectivity index (χ3n) is 5.35. The fourth-order valence-corrected chi connectivity index (χ4v) is 3.85. The van der Waals surface area contributed by atoms with E-state index in [0.717, 1.165) is 48.8 Å². The Balaban J connectivity index is 1.40. The second-order valence-electron chi connectivity index (χ2n) is 7.05. The molecule has 0 bridgehead atoms. The van der Waals surface area contributed by atoms with Crippen molar-refractivity contribution in [1.82, 2.24) is 15.1 Å². The SMILES string of the molecule is O=[C]C(c1ccc2cn[nH]c2c1)N1CCC(Cc2ccc(F)cc2)CC1. The number of piperidine rings is 1. The summed E-state index contributed by atoms with van der Waals surface area (Å²) in [4.78, 5) is 13.9. The molecule has 133 valence electrons. The van der Waals surface area contributed by atoms with Gasteiger partial charge in [-0.15, -0.1) is 0 Å². The van der Waals surface area contributed by atoms with Gasteiger partial charge in [0.15, 0.2) is 0 Å². The van der Waals surface area contributed by atoms with Crippen molar-refractivity contribution in [2.45, 2.75) is 25.3 Å². The number of rotatable bonds is 5. The van der Waals surface area contributed by atoms with E-state index in [1.165, 1.54) is 17.7 Å². The lowest BCUT2D eigenvalue weighted by Crippen LogP contribution is -2.37. The number of halogens is 1. The van der Waals surface area contributed by atoms with Crippen LogP contribution in [0.4, 0.5) is 4.39 Å². The number of benzene rings is 2. The number of H-pyrrole nitrogens is 1. The van der Waals surface area contributed by atoms with Crippen LogP contribution in [-0.2, 0) is 11.2 Å². The number of carbonyl (C=O) groups excluding carboxylic acids is 1. The third kappa shape index (κ3) is 3.53. The summed E-state index contributed by atoms with van der Waals surface area (Å²) in [6.45, 7) is 1.74. The summed E-state index contributed by atoms with van der Waals surface area (Å²) in [6, 6.07) is 12.4. The van der Waals surface area contributed by atoms with Crippen LogP contribution in [0.15, 0.2) is 48.7 Å². The molecule has 0 aliphatic carbocycles. The van der Waals surface area contributed by atoms with Gasteiger partial charge in [0, 0.05) is 5.39 Å². The van der Waals surface area contributed by atoms with E-state index in [-0.39, 0.29) is 11.9 Å². The lowest BCUT2D eigenvalue weighted by Gasteiger charge is -2.35. The molecule has 0 saturated carbocycles. The van der Waals surface area contributed by atoms with Crippen LogP contribution in [0.3, 0.4) is 0 Å². The fourth-order valence-electron chi connectivity index (χ4n) is 3.85. The number of nitrogens with zero attached hydrogens (tertiary/aromatic N) is 2. The van der Waals surface area contributed by atoms with Crippen molar-refractivity contribution in [2.24, 2.45) is 5.92 Å². The number of hydrogen-bond acceptors (Lipinski definition) is 3. The molecule has 4 nitrogen and oxygen atoms in total. The van der Waals surface area contributed by atoms with E-state index in [0.29, 0.717) is 5.92 Å². The molecule has 1 saturated heterocycles. The standard InChI is InChI=1S/C21H21FN3O/c22-19-5-1-15(2-6-19)11-16-7-9-25(10-8-16)21(14-26)17-3-4-18-13-23-24-20(18)12-17/h1-6,12-13,16,21H,7-11H2,(H,23,24). The highest BCUT2D eigenvalue weighted by Gasteiger charge is 2.26. The number of fused-ring (bicyclic) bond motifs is 1. The minimum Gasteiger partial charge on any atom is -0.289 e. The molecule has 2 heterocycles. The van der Waals surface area contributed by atoms with Gasteiger partial charge in [0.25, 0.3) is 0 Å². The maximum atomic E-state index is 13.0. The Hall–Kier alpha value is -2.53. The molecule has 1 atom stereocenters. The molecule has 1 aromatic heterocycles. The van der Waals surface area contributed by atoms with E-state index < -0.39 is 0 Å². The first-order valence-corrected chi connectivity index (χ1v) is 9.02. The highest BCUT2D eigenvalue weighted by Crippen LogP contribution is 2.29. The Bertz CT molecular complexity index is 882. The number of nitrogens with one attached hydrogen (secondary N) is 1. The molecule has 5 heteroatoms. The smallest absolute Gasteiger partial charge is 0.222 e. The molecular weight excluding hydrogens is 329 g/mol. The molecule has 26 heavy (non-hydrogen) atoms. The zero-order chi connectivity index (χ0) is 17.9. The first kappa shape index (κ1) is 16.9. The highest BCUT2D eigenvalue weighted by atomic mass is 19.1. The zero-order valence-electron chi connectivity index (χ0n) is 14.5. The minimum absolute atomic E-state index is 0.192. The van der Waals surface area contributed by atoms with Gasteiger partial charge in [0.1, 0.15) is 11.9 Å². The average Bonchev–Trinajstić information content (AvgIpc) is 3.13. The van der Waals surface area contributed by atoms with Crippen molar-refractivity contribution in [3.8, 4) is 0 Å². The summed E-state index contributed by atoms with van der Waals surface area (Å²) in [5.74, 6) is 0.376. The van der Waals surface area contributed by atoms with Crippen LogP contribution in [0.1, 0.15) is 30.0 Å². The van der Waals surface area contributed by atoms with E-state index in [1.54, 1.807) is 6.20 Å². The van der Waals surface area contributed by atoms with Gasteiger partial charge >= 0.3 is 0 Å². The van der Waals surface area contributed by atoms with E-state index in [2.05, 4.69) is 21.4 Å². The van der Waals surface area contributed by atoms with Crippen molar-refractivity contribution in [2.75, 3.05) is 13.1 Å². The summed E-state index contributed by atoms with van der Waals surface area (Å²) in [5, 5.41) is 8.03. The van der Waals surface area contributed by atoms with Gasteiger partial charge in [0.2, 0.25) is 6.29 Å². The van der Waals surface area contributed by atoms with Crippen molar-refractivity contribution in [3.05, 3.63) is 65.6 Å². The fraction of sp³-hybridized carbons (Fsp3) is 0.333. The Morgan fingerprint density at radius 2 is 1.96 bits per heavy atom. The van der Waals surface area contributed by atoms with Gasteiger partial charge in [-0.2, -0.15) is 5.10 Å². The molecule has 1 N–H and O–H groups in total. The summed E-state index contributed by atoms with van der Waals surface area (Å²) in [5.41, 5.74) is 3.07. The molecule has 0 spiro atoms. The van der Waals surface area contributed by atoms with Crippen LogP contribution < -0.4 is 0 Å². The lowest BCUT2D eigenvalue weighted by atomic mass is 9.89. The van der Waals surface area contributed by atoms with E-state index in [9.17, 15) is 9.18 Å². The van der Waals surface area contributed by atoms with E-state index >= 15 is 0 Å². The number of likely N-dealkylation sites (tertiary alicyclic amines) is 1. The maximum Gasteiger partial charge on any atom is 0.222 e. The van der Waals surface area contributed by atoms with E-state index in [1.807, 2.05) is 30.3 Å². The lowest BCUT2D eigenvalue weighted by molar-refractivity contribution is 0.161. The first-order valence-electron chi connectivity index (χ1n) is 9.02. The Morgan fingerprint density at radius 3 is 2.69 bits per heavy atom. The molecule has 1 aliphatic heterocycles. The van der Waals surface area contributed by atoms with Crippen molar-refractivity contribution < 1.29 is 9.18 Å². The predicted molar refractivity (Wildman–Crippen MR) is 98.9 cm³/mol. The van der Waals surface area contributed by atoms with Gasteiger partial charge in [-0.3, -0.25) is 14.8 Å². The van der Waals surface area contributed by atoms with Crippen molar-refractivity contribution in [1.29, 1.82) is 0 Å². The monoisotopic (exact) mass is 350 g/mol. The average molecular weight is 350 g/mol. The van der Waals surface area contributed by atoms with Crippen LogP contribution in [0.5, 0.6) is 0 Å². The Kier molecular flexibility index (Phi) is 4.80. The molecular formula is C21H21FN3O. The second-order valence-corrected chi connectivity index (χ2v) is 7.05. The summed E-state index contributed by atoms with van der Waals surface area (Å²) >= 11 is 0. The molecule has 3 aromatic rings. The molecule has 1 radical (unpaired) electrons. The largest absolute Gasteiger partial charge is 0.289 e. The molecule has 4 rings (SSSR count). The number of aromatic amines is 1. The van der Waals surface area contributed by atoms with Crippen molar-refractivity contribution in [3.63, 3.8) is 0 Å². The molecule has 1 aliphatic rings. The van der Waals surface area contributed by atoms with Crippen LogP contribution in [0.25, 0.3) is 10.9 Å². The Labute approximate surface area is 152 Å². The molecule has 0 amide bonds. The quantitative estimate of drug-likeness (QED) is 0.761. The third-order valence-corrected chi connectivity index (χ3v) is 5.35. The van der Waals surface area contributed by atoms with E-state index in [4.69, 9.17) is 0 Å². The van der Waals surface area contributed by atoms with Crippen LogP contribution >= 0.6 is 0 Å². The van der Waals surface area contributed by atoms with Gasteiger partial charge in [0.05, 0.1) is 11.7 Å². The summed E-state index contributed by atoms with van der Waals surface area (Å²) in [6.07, 6.45) is 7.01. The van der Waals surface area contributed by atoms with Gasteiger partial charge in [-0.1, -0.05) is 24.3 Å². The normalized spacial score (nSPS) is 17.4. The maximum absolute atomic E-state index is 13.0. The minimum atomic E-state index is -0.338. The molecule has 1 fully saturated rings. The highest BCUT2D eigenvalue weighted by molar-refractivity contribution is 5.79. The van der Waals surface area contributed by atoms with Gasteiger partial charge in [-0.05, 0) is 67.6 Å². The Morgan fingerprint density at radius 1 is 1.19 bits per heavy atom. The molecule has 1 unspecified atom stereocenters. The summed E-state index contributed by atoms with van der Waals surface area (Å²) in [7, 11) is 0. The zero-order valence-corrected chi connectivity index (χ0v) is 14.5. The number of aromatic nitrogens is 2. The van der Waals surface area contributed by atoms with Crippen LogP contribution in [-0.4, -0.2) is 34.5 Å². The first-order chi connectivity index (χ1) is 12.7. The van der Waals surface area contributed by atoms with Gasteiger partial charge in [-0.25, -0.2) is 4.39 Å².